The molecule has 1 atom stereocenters. The van der Waals surface area contributed by atoms with Crippen LogP contribution in [0.4, 0.5) is 5.69 Å². The fourth-order valence-electron chi connectivity index (χ4n) is 3.25. The predicted molar refractivity (Wildman–Crippen MR) is 106 cm³/mol. The molecule has 0 aliphatic rings. The standard InChI is InChI=1S/C20H20N6O2/c21-6-16(12-4-5-14(11-27)22-7-12)20(28)26-18-3-1-2-15-17(10-23-19(15)18)13-8-24-25-9-13/h1-5,7-10,16,23,27H,6,11,21H2,(H,24,25)(H,26,28). The molecule has 0 bridgehead atoms. The highest BCUT2D eigenvalue weighted by atomic mass is 16.3. The van der Waals surface area contributed by atoms with E-state index in [1.165, 1.54) is 0 Å². The number of fused-ring (bicyclic) bond motifs is 1. The number of hydrogen-bond donors (Lipinski definition) is 5. The first-order valence-electron chi connectivity index (χ1n) is 8.87. The Labute approximate surface area is 160 Å². The lowest BCUT2D eigenvalue weighted by Gasteiger charge is -2.16. The number of amides is 1. The number of benzene rings is 1. The zero-order chi connectivity index (χ0) is 19.5. The molecular weight excluding hydrogens is 356 g/mol. The zero-order valence-electron chi connectivity index (χ0n) is 15.0. The summed E-state index contributed by atoms with van der Waals surface area (Å²) in [6.45, 7) is 0.000539. The second-order valence-corrected chi connectivity index (χ2v) is 6.44. The second-order valence-electron chi connectivity index (χ2n) is 6.44. The van der Waals surface area contributed by atoms with Crippen LogP contribution in [0.3, 0.4) is 0 Å². The fourth-order valence-corrected chi connectivity index (χ4v) is 3.25. The number of nitrogens with two attached hydrogens (primary N) is 1. The molecule has 3 aromatic heterocycles. The number of aromatic amines is 2. The molecule has 3 heterocycles. The number of aromatic nitrogens is 4. The first-order chi connectivity index (χ1) is 13.7. The summed E-state index contributed by atoms with van der Waals surface area (Å²) in [4.78, 5) is 20.3. The van der Waals surface area contributed by atoms with Gasteiger partial charge in [-0.25, -0.2) is 0 Å². The van der Waals surface area contributed by atoms with Crippen molar-refractivity contribution in [1.29, 1.82) is 0 Å². The zero-order valence-corrected chi connectivity index (χ0v) is 15.0. The first kappa shape index (κ1) is 17.9. The molecule has 1 amide bonds. The molecule has 0 aliphatic carbocycles. The summed E-state index contributed by atoms with van der Waals surface area (Å²) in [5.41, 5.74) is 10.6. The molecule has 6 N–H and O–H groups in total. The van der Waals surface area contributed by atoms with E-state index in [1.807, 2.05) is 30.6 Å². The van der Waals surface area contributed by atoms with Crippen molar-refractivity contribution in [2.24, 2.45) is 5.73 Å². The van der Waals surface area contributed by atoms with Crippen molar-refractivity contribution in [3.63, 3.8) is 0 Å². The number of carbonyl (C=O) groups is 1. The van der Waals surface area contributed by atoms with E-state index >= 15 is 0 Å². The predicted octanol–water partition coefficient (Wildman–Crippen LogP) is 2.13. The molecule has 0 fully saturated rings. The summed E-state index contributed by atoms with van der Waals surface area (Å²) in [7, 11) is 0. The van der Waals surface area contributed by atoms with Crippen molar-refractivity contribution in [3.05, 3.63) is 66.4 Å². The maximum Gasteiger partial charge on any atom is 0.233 e. The third-order valence-corrected chi connectivity index (χ3v) is 4.75. The molecule has 4 rings (SSSR count). The molecule has 1 unspecified atom stereocenters. The SMILES string of the molecule is NCC(C(=O)Nc1cccc2c(-c3cn[nH]c3)c[nH]c12)c1ccc(CO)nc1. The monoisotopic (exact) mass is 376 g/mol. The average Bonchev–Trinajstić information content (AvgIpc) is 3.39. The number of nitrogens with one attached hydrogen (secondary N) is 3. The average molecular weight is 376 g/mol. The molecule has 0 saturated heterocycles. The molecule has 28 heavy (non-hydrogen) atoms. The lowest BCUT2D eigenvalue weighted by atomic mass is 9.99. The van der Waals surface area contributed by atoms with Crippen molar-refractivity contribution in [2.45, 2.75) is 12.5 Å². The Morgan fingerprint density at radius 2 is 2.11 bits per heavy atom. The summed E-state index contributed by atoms with van der Waals surface area (Å²) in [6.07, 6.45) is 7.04. The summed E-state index contributed by atoms with van der Waals surface area (Å²) in [5, 5.41) is 19.9. The van der Waals surface area contributed by atoms with Crippen LogP contribution >= 0.6 is 0 Å². The van der Waals surface area contributed by atoms with Gasteiger partial charge in [0.05, 0.1) is 35.6 Å². The third kappa shape index (κ3) is 3.26. The van der Waals surface area contributed by atoms with Crippen LogP contribution < -0.4 is 11.1 Å². The lowest BCUT2D eigenvalue weighted by Crippen LogP contribution is -2.27. The van der Waals surface area contributed by atoms with E-state index in [-0.39, 0.29) is 19.1 Å². The van der Waals surface area contributed by atoms with E-state index in [0.717, 1.165) is 22.0 Å². The Kier molecular flexibility index (Phi) is 4.88. The van der Waals surface area contributed by atoms with Gasteiger partial charge in [-0.05, 0) is 17.7 Å². The summed E-state index contributed by atoms with van der Waals surface area (Å²) >= 11 is 0. The van der Waals surface area contributed by atoms with E-state index < -0.39 is 5.92 Å². The number of para-hydroxylation sites is 1. The van der Waals surface area contributed by atoms with Crippen molar-refractivity contribution < 1.29 is 9.90 Å². The summed E-state index contributed by atoms with van der Waals surface area (Å²) in [5.74, 6) is -0.758. The Morgan fingerprint density at radius 1 is 1.21 bits per heavy atom. The molecule has 0 spiro atoms. The van der Waals surface area contributed by atoms with Gasteiger partial charge in [-0.2, -0.15) is 5.10 Å². The molecular formula is C20H20N6O2. The van der Waals surface area contributed by atoms with Gasteiger partial charge in [0, 0.05) is 41.6 Å². The second kappa shape index (κ2) is 7.63. The van der Waals surface area contributed by atoms with Gasteiger partial charge in [-0.15, -0.1) is 0 Å². The number of anilines is 1. The van der Waals surface area contributed by atoms with Gasteiger partial charge in [-0.1, -0.05) is 18.2 Å². The number of H-pyrrole nitrogens is 2. The van der Waals surface area contributed by atoms with E-state index in [2.05, 4.69) is 25.5 Å². The van der Waals surface area contributed by atoms with Crippen LogP contribution in [0.1, 0.15) is 17.2 Å². The number of rotatable bonds is 6. The number of hydrogen-bond acceptors (Lipinski definition) is 5. The van der Waals surface area contributed by atoms with Crippen LogP contribution in [-0.2, 0) is 11.4 Å². The van der Waals surface area contributed by atoms with Crippen molar-refractivity contribution in [2.75, 3.05) is 11.9 Å². The van der Waals surface area contributed by atoms with Gasteiger partial charge in [-0.3, -0.25) is 14.9 Å². The smallest absolute Gasteiger partial charge is 0.233 e. The number of pyridine rings is 1. The molecule has 1 aromatic carbocycles. The van der Waals surface area contributed by atoms with Crippen LogP contribution in [0.25, 0.3) is 22.0 Å². The maximum atomic E-state index is 12.9. The van der Waals surface area contributed by atoms with E-state index in [1.54, 1.807) is 24.5 Å². The first-order valence-corrected chi connectivity index (χ1v) is 8.87. The molecule has 0 radical (unpaired) electrons. The van der Waals surface area contributed by atoms with Gasteiger partial charge in [0.2, 0.25) is 5.91 Å². The fraction of sp³-hybridized carbons (Fsp3) is 0.150. The van der Waals surface area contributed by atoms with E-state index in [4.69, 9.17) is 10.8 Å². The summed E-state index contributed by atoms with van der Waals surface area (Å²) in [6, 6.07) is 9.18. The van der Waals surface area contributed by atoms with Gasteiger partial charge >= 0.3 is 0 Å². The van der Waals surface area contributed by atoms with E-state index in [0.29, 0.717) is 16.9 Å². The largest absolute Gasteiger partial charge is 0.390 e. The quantitative estimate of drug-likeness (QED) is 0.352. The molecule has 142 valence electrons. The number of carbonyl (C=O) groups excluding carboxylic acids is 1. The van der Waals surface area contributed by atoms with Gasteiger partial charge in [0.25, 0.3) is 0 Å². The Bertz CT molecular complexity index is 1090. The minimum absolute atomic E-state index is 0.145. The maximum absolute atomic E-state index is 12.9. The highest BCUT2D eigenvalue weighted by molar-refractivity contribution is 6.07. The molecule has 0 aliphatic heterocycles. The molecule has 4 aromatic rings. The minimum Gasteiger partial charge on any atom is -0.390 e. The topological polar surface area (TPSA) is 133 Å². The van der Waals surface area contributed by atoms with Crippen molar-refractivity contribution in [1.82, 2.24) is 20.2 Å². The lowest BCUT2D eigenvalue weighted by molar-refractivity contribution is -0.117. The third-order valence-electron chi connectivity index (χ3n) is 4.75. The van der Waals surface area contributed by atoms with Crippen LogP contribution in [0, 0.1) is 0 Å². The molecule has 8 heteroatoms. The number of aliphatic hydroxyl groups excluding tert-OH is 1. The summed E-state index contributed by atoms with van der Waals surface area (Å²) < 4.78 is 0. The van der Waals surface area contributed by atoms with Crippen LogP contribution in [0.15, 0.2) is 55.1 Å². The number of aliphatic hydroxyl groups is 1. The molecule has 0 saturated carbocycles. The highest BCUT2D eigenvalue weighted by Crippen LogP contribution is 2.32. The molecule has 8 nitrogen and oxygen atoms in total. The highest BCUT2D eigenvalue weighted by Gasteiger charge is 2.21. The Balaban J connectivity index is 1.62. The van der Waals surface area contributed by atoms with Gasteiger partial charge in [0.15, 0.2) is 0 Å². The normalized spacial score (nSPS) is 12.2. The van der Waals surface area contributed by atoms with Crippen molar-refractivity contribution >= 4 is 22.5 Å². The van der Waals surface area contributed by atoms with Crippen LogP contribution in [0.2, 0.25) is 0 Å². The van der Waals surface area contributed by atoms with Crippen LogP contribution in [0.5, 0.6) is 0 Å². The van der Waals surface area contributed by atoms with Crippen LogP contribution in [-0.4, -0.2) is 37.7 Å². The Hall–Kier alpha value is -3.49. The Morgan fingerprint density at radius 3 is 2.79 bits per heavy atom. The van der Waals surface area contributed by atoms with Gasteiger partial charge < -0.3 is 21.1 Å². The van der Waals surface area contributed by atoms with Gasteiger partial charge in [0.1, 0.15) is 0 Å². The minimum atomic E-state index is -0.543. The number of nitrogens with zero attached hydrogens (tertiary/aromatic N) is 2. The van der Waals surface area contributed by atoms with E-state index in [9.17, 15) is 4.79 Å². The van der Waals surface area contributed by atoms with Crippen molar-refractivity contribution in [3.8, 4) is 11.1 Å².